The first-order valence-electron chi connectivity index (χ1n) is 4.50. The molecule has 4 nitrogen and oxygen atoms in total. The molecule has 78 valence electrons. The van der Waals surface area contributed by atoms with Crippen molar-refractivity contribution in [1.29, 1.82) is 5.26 Å². The summed E-state index contributed by atoms with van der Waals surface area (Å²) >= 11 is 0. The number of hydrogen-bond donors (Lipinski definition) is 0. The number of rotatable bonds is 3. The topological polar surface area (TPSA) is 49.0 Å². The van der Waals surface area contributed by atoms with Crippen molar-refractivity contribution in [2.24, 2.45) is 7.05 Å². The molecule has 0 saturated carbocycles. The van der Waals surface area contributed by atoms with E-state index >= 15 is 0 Å². The standard InChI is InChI=1S/C11H13N3O/c1-13(2)8-9(7-12)11(15)10-5-4-6-14(10)3/h4-6,8H,1-3H3. The van der Waals surface area contributed by atoms with E-state index in [0.717, 1.165) is 0 Å². The molecule has 0 amide bonds. The molecule has 0 aliphatic heterocycles. The van der Waals surface area contributed by atoms with Gasteiger partial charge in [0.15, 0.2) is 0 Å². The zero-order valence-corrected chi connectivity index (χ0v) is 9.06. The summed E-state index contributed by atoms with van der Waals surface area (Å²) in [6.45, 7) is 0. The monoisotopic (exact) mass is 203 g/mol. The highest BCUT2D eigenvalue weighted by Crippen LogP contribution is 2.08. The minimum absolute atomic E-state index is 0.141. The van der Waals surface area contributed by atoms with Crippen LogP contribution in [0.4, 0.5) is 0 Å². The number of aromatic nitrogens is 1. The Morgan fingerprint density at radius 1 is 1.60 bits per heavy atom. The predicted molar refractivity (Wildman–Crippen MR) is 57.1 cm³/mol. The smallest absolute Gasteiger partial charge is 0.221 e. The molecule has 0 fully saturated rings. The summed E-state index contributed by atoms with van der Waals surface area (Å²) in [5.74, 6) is -0.251. The van der Waals surface area contributed by atoms with Crippen LogP contribution in [0.3, 0.4) is 0 Å². The first-order valence-corrected chi connectivity index (χ1v) is 4.50. The molecule has 1 aromatic heterocycles. The average Bonchev–Trinajstić information content (AvgIpc) is 2.59. The van der Waals surface area contributed by atoms with E-state index < -0.39 is 0 Å². The summed E-state index contributed by atoms with van der Waals surface area (Å²) in [6, 6.07) is 5.38. The van der Waals surface area contributed by atoms with Crippen molar-refractivity contribution in [3.05, 3.63) is 35.8 Å². The van der Waals surface area contributed by atoms with Crippen LogP contribution in [0.25, 0.3) is 0 Å². The Kier molecular flexibility index (Phi) is 3.29. The number of Topliss-reactive ketones (excluding diaryl/α,β-unsaturated/α-hetero) is 1. The van der Waals surface area contributed by atoms with Crippen LogP contribution in [0.2, 0.25) is 0 Å². The fourth-order valence-electron chi connectivity index (χ4n) is 1.23. The van der Waals surface area contributed by atoms with E-state index in [1.807, 2.05) is 6.07 Å². The largest absolute Gasteiger partial charge is 0.382 e. The van der Waals surface area contributed by atoms with Gasteiger partial charge in [0.2, 0.25) is 5.78 Å². The normalized spacial score (nSPS) is 10.9. The fraction of sp³-hybridized carbons (Fsp3) is 0.273. The quantitative estimate of drug-likeness (QED) is 0.421. The maximum Gasteiger partial charge on any atom is 0.221 e. The summed E-state index contributed by atoms with van der Waals surface area (Å²) in [6.07, 6.45) is 3.30. The molecular weight excluding hydrogens is 190 g/mol. The van der Waals surface area contributed by atoms with Gasteiger partial charge in [-0.3, -0.25) is 4.79 Å². The van der Waals surface area contributed by atoms with E-state index in [9.17, 15) is 4.79 Å². The highest BCUT2D eigenvalue weighted by Gasteiger charge is 2.14. The average molecular weight is 203 g/mol. The van der Waals surface area contributed by atoms with Gasteiger partial charge in [-0.1, -0.05) is 0 Å². The van der Waals surface area contributed by atoms with Crippen molar-refractivity contribution in [3.8, 4) is 6.07 Å². The molecule has 0 aliphatic rings. The SMILES string of the molecule is CN(C)C=C(C#N)C(=O)c1cccn1C. The lowest BCUT2D eigenvalue weighted by molar-refractivity contribution is 0.103. The third kappa shape index (κ3) is 2.47. The van der Waals surface area contributed by atoms with E-state index in [4.69, 9.17) is 5.26 Å². The lowest BCUT2D eigenvalue weighted by Gasteiger charge is -2.06. The van der Waals surface area contributed by atoms with E-state index in [1.54, 1.807) is 48.9 Å². The minimum Gasteiger partial charge on any atom is -0.382 e. The van der Waals surface area contributed by atoms with Gasteiger partial charge in [0.25, 0.3) is 0 Å². The van der Waals surface area contributed by atoms with Crippen LogP contribution in [0.1, 0.15) is 10.5 Å². The molecule has 0 saturated heterocycles. The Balaban J connectivity index is 3.05. The molecule has 1 heterocycles. The van der Waals surface area contributed by atoms with Crippen LogP contribution in [0.15, 0.2) is 30.1 Å². The summed E-state index contributed by atoms with van der Waals surface area (Å²) in [7, 11) is 5.32. The van der Waals surface area contributed by atoms with Gasteiger partial charge in [-0.15, -0.1) is 0 Å². The van der Waals surface area contributed by atoms with Crippen molar-refractivity contribution >= 4 is 5.78 Å². The molecule has 0 aliphatic carbocycles. The molecule has 0 bridgehead atoms. The van der Waals surface area contributed by atoms with Gasteiger partial charge in [-0.2, -0.15) is 5.26 Å². The van der Waals surface area contributed by atoms with Gasteiger partial charge in [-0.25, -0.2) is 0 Å². The highest BCUT2D eigenvalue weighted by atomic mass is 16.1. The third-order valence-electron chi connectivity index (χ3n) is 1.93. The van der Waals surface area contributed by atoms with E-state index in [-0.39, 0.29) is 11.4 Å². The van der Waals surface area contributed by atoms with Crippen molar-refractivity contribution in [2.75, 3.05) is 14.1 Å². The number of hydrogen-bond acceptors (Lipinski definition) is 3. The van der Waals surface area contributed by atoms with E-state index in [1.165, 1.54) is 6.20 Å². The molecule has 0 atom stereocenters. The Bertz CT molecular complexity index is 435. The molecule has 0 radical (unpaired) electrons. The zero-order chi connectivity index (χ0) is 11.4. The molecule has 0 aromatic carbocycles. The Morgan fingerprint density at radius 2 is 2.27 bits per heavy atom. The van der Waals surface area contributed by atoms with Crippen LogP contribution in [0.5, 0.6) is 0 Å². The number of allylic oxidation sites excluding steroid dienone is 1. The molecule has 1 aromatic rings. The van der Waals surface area contributed by atoms with Gasteiger partial charge in [0.1, 0.15) is 11.6 Å². The van der Waals surface area contributed by atoms with Crippen LogP contribution >= 0.6 is 0 Å². The first kappa shape index (κ1) is 11.1. The molecule has 15 heavy (non-hydrogen) atoms. The van der Waals surface area contributed by atoms with Crippen LogP contribution < -0.4 is 0 Å². The molecule has 4 heteroatoms. The van der Waals surface area contributed by atoms with Gasteiger partial charge in [-0.05, 0) is 12.1 Å². The molecular formula is C11H13N3O. The number of aryl methyl sites for hydroxylation is 1. The lowest BCUT2D eigenvalue weighted by atomic mass is 10.1. The maximum absolute atomic E-state index is 11.9. The van der Waals surface area contributed by atoms with Crippen molar-refractivity contribution in [1.82, 2.24) is 9.47 Å². The molecule has 0 spiro atoms. The highest BCUT2D eigenvalue weighted by molar-refractivity contribution is 6.10. The summed E-state index contributed by atoms with van der Waals surface area (Å²) in [4.78, 5) is 13.5. The number of nitriles is 1. The summed E-state index contributed by atoms with van der Waals surface area (Å²) in [5, 5.41) is 8.86. The predicted octanol–water partition coefficient (Wildman–Crippen LogP) is 1.18. The van der Waals surface area contributed by atoms with Crippen LogP contribution in [-0.4, -0.2) is 29.3 Å². The van der Waals surface area contributed by atoms with E-state index in [2.05, 4.69) is 0 Å². The molecule has 0 N–H and O–H groups in total. The summed E-state index contributed by atoms with van der Waals surface area (Å²) in [5.41, 5.74) is 0.659. The summed E-state index contributed by atoms with van der Waals surface area (Å²) < 4.78 is 1.70. The van der Waals surface area contributed by atoms with Gasteiger partial charge in [0.05, 0.1) is 5.69 Å². The number of ketones is 1. The minimum atomic E-state index is -0.251. The maximum atomic E-state index is 11.9. The van der Waals surface area contributed by atoms with Gasteiger partial charge >= 0.3 is 0 Å². The Labute approximate surface area is 89.0 Å². The second-order valence-corrected chi connectivity index (χ2v) is 3.45. The number of carbonyl (C=O) groups excluding carboxylic acids is 1. The van der Waals surface area contributed by atoms with Gasteiger partial charge < -0.3 is 9.47 Å². The number of carbonyl (C=O) groups is 1. The van der Waals surface area contributed by atoms with Crippen LogP contribution in [-0.2, 0) is 7.05 Å². The van der Waals surface area contributed by atoms with Gasteiger partial charge in [0, 0.05) is 33.5 Å². The molecule has 1 rings (SSSR count). The second-order valence-electron chi connectivity index (χ2n) is 3.45. The van der Waals surface area contributed by atoms with Crippen molar-refractivity contribution in [3.63, 3.8) is 0 Å². The Hall–Kier alpha value is -2.02. The second kappa shape index (κ2) is 4.47. The van der Waals surface area contributed by atoms with Crippen molar-refractivity contribution < 1.29 is 4.79 Å². The van der Waals surface area contributed by atoms with Crippen LogP contribution in [0, 0.1) is 11.3 Å². The fourth-order valence-corrected chi connectivity index (χ4v) is 1.23. The lowest BCUT2D eigenvalue weighted by Crippen LogP contribution is -2.11. The Morgan fingerprint density at radius 3 is 2.67 bits per heavy atom. The molecule has 0 unspecified atom stereocenters. The number of nitrogens with zero attached hydrogens (tertiary/aromatic N) is 3. The zero-order valence-electron chi connectivity index (χ0n) is 9.06. The van der Waals surface area contributed by atoms with Crippen molar-refractivity contribution in [2.45, 2.75) is 0 Å². The third-order valence-corrected chi connectivity index (χ3v) is 1.93. The first-order chi connectivity index (χ1) is 7.06. The van der Waals surface area contributed by atoms with E-state index in [0.29, 0.717) is 5.69 Å².